The smallest absolute Gasteiger partial charge is 0.261 e. The molecule has 4 rings (SSSR count). The van der Waals surface area contributed by atoms with Gasteiger partial charge in [-0.25, -0.2) is 9.97 Å². The van der Waals surface area contributed by atoms with Crippen molar-refractivity contribution >= 4 is 49.5 Å². The first-order valence-corrected chi connectivity index (χ1v) is 10.8. The molecule has 1 amide bonds. The largest absolute Gasteiger partial charge is 0.348 e. The lowest BCUT2D eigenvalue weighted by atomic mass is 10.3. The van der Waals surface area contributed by atoms with Crippen LogP contribution in [0.4, 0.5) is 5.95 Å². The van der Waals surface area contributed by atoms with Gasteiger partial charge in [-0.1, -0.05) is 15.9 Å². The Balaban J connectivity index is 1.63. The highest BCUT2D eigenvalue weighted by atomic mass is 79.9. The van der Waals surface area contributed by atoms with Crippen molar-refractivity contribution in [3.05, 3.63) is 58.4 Å². The molecule has 150 valence electrons. The molecule has 0 spiro atoms. The van der Waals surface area contributed by atoms with Crippen molar-refractivity contribution in [2.75, 3.05) is 19.0 Å². The van der Waals surface area contributed by atoms with E-state index in [1.165, 1.54) is 11.3 Å². The number of aromatic nitrogens is 4. The number of anilines is 1. The molecule has 0 saturated heterocycles. The van der Waals surface area contributed by atoms with Crippen LogP contribution in [0.2, 0.25) is 0 Å². The van der Waals surface area contributed by atoms with Crippen LogP contribution >= 0.6 is 27.3 Å². The van der Waals surface area contributed by atoms with Gasteiger partial charge in [0.25, 0.3) is 5.91 Å². The normalized spacial score (nSPS) is 12.3. The molecular formula is C20H21BrN6OS. The first kappa shape index (κ1) is 19.7. The van der Waals surface area contributed by atoms with Gasteiger partial charge in [0.1, 0.15) is 10.3 Å². The first-order valence-electron chi connectivity index (χ1n) is 9.14. The summed E-state index contributed by atoms with van der Waals surface area (Å²) in [6, 6.07) is 9.91. The highest BCUT2D eigenvalue weighted by molar-refractivity contribution is 9.10. The average molecular weight is 473 g/mol. The summed E-state index contributed by atoms with van der Waals surface area (Å²) in [5, 5.41) is 3.06. The molecule has 9 heteroatoms. The third-order valence-electron chi connectivity index (χ3n) is 4.45. The molecule has 29 heavy (non-hydrogen) atoms. The summed E-state index contributed by atoms with van der Waals surface area (Å²) in [6.45, 7) is 2.65. The van der Waals surface area contributed by atoms with E-state index in [0.29, 0.717) is 11.4 Å². The Bertz CT molecular complexity index is 1130. The van der Waals surface area contributed by atoms with Crippen molar-refractivity contribution in [2.24, 2.45) is 0 Å². The number of fused-ring (bicyclic) bond motifs is 1. The van der Waals surface area contributed by atoms with E-state index in [1.807, 2.05) is 67.0 Å². The van der Waals surface area contributed by atoms with Crippen molar-refractivity contribution < 1.29 is 4.79 Å². The minimum Gasteiger partial charge on any atom is -0.348 e. The molecule has 1 unspecified atom stereocenters. The Morgan fingerprint density at radius 2 is 2.07 bits per heavy atom. The number of nitrogens with zero attached hydrogens (tertiary/aromatic N) is 5. The van der Waals surface area contributed by atoms with Gasteiger partial charge in [0.2, 0.25) is 5.95 Å². The summed E-state index contributed by atoms with van der Waals surface area (Å²) in [6.07, 6.45) is 5.36. The summed E-state index contributed by atoms with van der Waals surface area (Å²) in [4.78, 5) is 25.1. The van der Waals surface area contributed by atoms with Gasteiger partial charge in [0.05, 0.1) is 11.2 Å². The molecular weight excluding hydrogens is 452 g/mol. The summed E-state index contributed by atoms with van der Waals surface area (Å²) in [5.74, 6) is 0.739. The van der Waals surface area contributed by atoms with Gasteiger partial charge in [0, 0.05) is 49.2 Å². The molecule has 0 saturated carbocycles. The molecule has 1 N–H and O–H groups in total. The molecule has 0 radical (unpaired) electrons. The fourth-order valence-electron chi connectivity index (χ4n) is 3.15. The van der Waals surface area contributed by atoms with Crippen molar-refractivity contribution in [3.63, 3.8) is 0 Å². The lowest BCUT2D eigenvalue weighted by molar-refractivity contribution is 0.0941. The predicted octanol–water partition coefficient (Wildman–Crippen LogP) is 3.93. The molecule has 0 fully saturated rings. The maximum Gasteiger partial charge on any atom is 0.261 e. The molecule has 0 bridgehead atoms. The molecule has 1 aromatic carbocycles. The minimum atomic E-state index is -0.0885. The number of benzene rings is 1. The average Bonchev–Trinajstić information content (AvgIpc) is 3.38. The van der Waals surface area contributed by atoms with Crippen molar-refractivity contribution in [1.82, 2.24) is 24.4 Å². The number of amides is 1. The number of carbonyl (C=O) groups excluding carboxylic acids is 1. The van der Waals surface area contributed by atoms with Crippen LogP contribution in [-0.2, 0) is 6.54 Å². The molecule has 3 aromatic heterocycles. The lowest BCUT2D eigenvalue weighted by Crippen LogP contribution is -2.35. The SMILES string of the molecule is CC(Cn1ccnc1)NC(=O)c1cc2nc(N(C)C)n(-c3ccc(Br)cc3)c2s1. The van der Waals surface area contributed by atoms with Gasteiger partial charge in [-0.15, -0.1) is 11.3 Å². The number of nitrogens with one attached hydrogen (secondary N) is 1. The zero-order valence-electron chi connectivity index (χ0n) is 16.3. The van der Waals surface area contributed by atoms with Crippen molar-refractivity contribution in [2.45, 2.75) is 19.5 Å². The molecule has 4 aromatic rings. The molecule has 0 aliphatic rings. The number of halogens is 1. The summed E-state index contributed by atoms with van der Waals surface area (Å²) in [7, 11) is 3.93. The third-order valence-corrected chi connectivity index (χ3v) is 6.08. The molecule has 7 nitrogen and oxygen atoms in total. The topological polar surface area (TPSA) is 68.0 Å². The van der Waals surface area contributed by atoms with Gasteiger partial charge in [0.15, 0.2) is 0 Å². The summed E-state index contributed by atoms with van der Waals surface area (Å²) >= 11 is 4.93. The van der Waals surface area contributed by atoms with E-state index in [2.05, 4.69) is 30.8 Å². The third kappa shape index (κ3) is 4.06. The Labute approximate surface area is 181 Å². The number of rotatable bonds is 6. The van der Waals surface area contributed by atoms with E-state index in [-0.39, 0.29) is 11.9 Å². The van der Waals surface area contributed by atoms with Gasteiger partial charge >= 0.3 is 0 Å². The molecule has 1 atom stereocenters. The van der Waals surface area contributed by atoms with Crippen LogP contribution in [-0.4, -0.2) is 45.1 Å². The number of imidazole rings is 2. The lowest BCUT2D eigenvalue weighted by Gasteiger charge is -2.15. The zero-order valence-corrected chi connectivity index (χ0v) is 18.7. The first-order chi connectivity index (χ1) is 13.9. The Morgan fingerprint density at radius 1 is 1.31 bits per heavy atom. The Kier molecular flexibility index (Phi) is 5.42. The van der Waals surface area contributed by atoms with Crippen LogP contribution in [0.25, 0.3) is 16.0 Å². The molecule has 0 aliphatic carbocycles. The van der Waals surface area contributed by atoms with Gasteiger partial charge in [-0.05, 0) is 37.3 Å². The number of carbonyl (C=O) groups is 1. The maximum absolute atomic E-state index is 12.8. The Morgan fingerprint density at radius 3 is 2.72 bits per heavy atom. The second kappa shape index (κ2) is 8.00. The second-order valence-corrected chi connectivity index (χ2v) is 9.00. The Hall–Kier alpha value is -2.65. The van der Waals surface area contributed by atoms with E-state index in [4.69, 9.17) is 4.98 Å². The monoisotopic (exact) mass is 472 g/mol. The van der Waals surface area contributed by atoms with Crippen LogP contribution in [0.5, 0.6) is 0 Å². The van der Waals surface area contributed by atoms with Crippen LogP contribution in [0.15, 0.2) is 53.5 Å². The van der Waals surface area contributed by atoms with E-state index < -0.39 is 0 Å². The van der Waals surface area contributed by atoms with Crippen molar-refractivity contribution in [3.8, 4) is 5.69 Å². The number of thiophene rings is 1. The van der Waals surface area contributed by atoms with Gasteiger partial charge in [-0.3, -0.25) is 9.36 Å². The molecule has 3 heterocycles. The highest BCUT2D eigenvalue weighted by Gasteiger charge is 2.20. The highest BCUT2D eigenvalue weighted by Crippen LogP contribution is 2.33. The van der Waals surface area contributed by atoms with Gasteiger partial charge in [-0.2, -0.15) is 0 Å². The van der Waals surface area contributed by atoms with Crippen LogP contribution < -0.4 is 10.2 Å². The fourth-order valence-corrected chi connectivity index (χ4v) is 4.43. The van der Waals surface area contributed by atoms with E-state index in [0.717, 1.165) is 26.5 Å². The molecule has 0 aliphatic heterocycles. The quantitative estimate of drug-likeness (QED) is 0.461. The van der Waals surface area contributed by atoms with E-state index in [9.17, 15) is 4.79 Å². The van der Waals surface area contributed by atoms with Crippen LogP contribution in [0.3, 0.4) is 0 Å². The zero-order chi connectivity index (χ0) is 20.5. The fraction of sp³-hybridized carbons (Fsp3) is 0.250. The maximum atomic E-state index is 12.8. The predicted molar refractivity (Wildman–Crippen MR) is 120 cm³/mol. The summed E-state index contributed by atoms with van der Waals surface area (Å²) < 4.78 is 5.04. The number of hydrogen-bond donors (Lipinski definition) is 1. The van der Waals surface area contributed by atoms with E-state index >= 15 is 0 Å². The second-order valence-electron chi connectivity index (χ2n) is 7.05. The van der Waals surface area contributed by atoms with Crippen molar-refractivity contribution in [1.29, 1.82) is 0 Å². The van der Waals surface area contributed by atoms with E-state index in [1.54, 1.807) is 12.5 Å². The van der Waals surface area contributed by atoms with Crippen LogP contribution in [0, 0.1) is 0 Å². The minimum absolute atomic E-state index is 0.0166. The van der Waals surface area contributed by atoms with Gasteiger partial charge < -0.3 is 14.8 Å². The number of hydrogen-bond acceptors (Lipinski definition) is 5. The summed E-state index contributed by atoms with van der Waals surface area (Å²) in [5.41, 5.74) is 1.82. The standard InChI is InChI=1S/C20H21BrN6OS/c1-13(11-26-9-8-22-12-26)23-18(28)17-10-16-19(29-17)27(20(24-16)25(2)3)15-6-4-14(21)5-7-15/h4-10,12-13H,11H2,1-3H3,(H,23,28). The van der Waals surface area contributed by atoms with Crippen LogP contribution in [0.1, 0.15) is 16.6 Å².